The average Bonchev–Trinajstić information content (AvgIpc) is 2.60. The minimum atomic E-state index is -0.310. The van der Waals surface area contributed by atoms with Crippen LogP contribution in [0.15, 0.2) is 65.6 Å². The third-order valence-electron chi connectivity index (χ3n) is 3.99. The zero-order valence-corrected chi connectivity index (χ0v) is 13.6. The summed E-state index contributed by atoms with van der Waals surface area (Å²) in [6.45, 7) is 1.92. The molecule has 1 aromatic heterocycles. The molecule has 5 nitrogen and oxygen atoms in total. The lowest BCUT2D eigenvalue weighted by Gasteiger charge is -2.16. The van der Waals surface area contributed by atoms with E-state index in [4.69, 9.17) is 0 Å². The minimum Gasteiger partial charge on any atom is -0.331 e. The topological polar surface area (TPSA) is 63.1 Å². The number of fused-ring (bicyclic) bond motifs is 1. The van der Waals surface area contributed by atoms with E-state index in [1.807, 2.05) is 55.5 Å². The second-order valence-electron chi connectivity index (χ2n) is 5.74. The fourth-order valence-electron chi connectivity index (χ4n) is 2.70. The Labute approximate surface area is 139 Å². The van der Waals surface area contributed by atoms with Gasteiger partial charge in [-0.1, -0.05) is 48.5 Å². The van der Waals surface area contributed by atoms with Gasteiger partial charge in [0.05, 0.1) is 11.7 Å². The van der Waals surface area contributed by atoms with Gasteiger partial charge in [-0.05, 0) is 18.6 Å². The van der Waals surface area contributed by atoms with E-state index < -0.39 is 0 Å². The summed E-state index contributed by atoms with van der Waals surface area (Å²) >= 11 is 0. The Bertz CT molecular complexity index is 932. The molecule has 0 aliphatic carbocycles. The van der Waals surface area contributed by atoms with Gasteiger partial charge in [-0.25, -0.2) is 4.79 Å². The second kappa shape index (κ2) is 6.58. The molecule has 1 atom stereocenters. The number of carbonyl (C=O) groups is 1. The van der Waals surface area contributed by atoms with Gasteiger partial charge in [0.15, 0.2) is 0 Å². The van der Waals surface area contributed by atoms with Crippen LogP contribution in [0.2, 0.25) is 0 Å². The van der Waals surface area contributed by atoms with Crippen molar-refractivity contribution in [2.24, 2.45) is 7.05 Å². The van der Waals surface area contributed by atoms with E-state index in [9.17, 15) is 9.59 Å². The first-order valence-electron chi connectivity index (χ1n) is 7.77. The number of hydrogen-bond donors (Lipinski definition) is 2. The highest BCUT2D eigenvalue weighted by Gasteiger charge is 2.12. The molecule has 24 heavy (non-hydrogen) atoms. The lowest BCUT2D eigenvalue weighted by molar-refractivity contribution is 0.249. The van der Waals surface area contributed by atoms with Crippen molar-refractivity contribution in [2.75, 3.05) is 5.32 Å². The molecule has 0 radical (unpaired) electrons. The number of hydrogen-bond acceptors (Lipinski definition) is 2. The number of nitrogens with zero attached hydrogens (tertiary/aromatic N) is 1. The van der Waals surface area contributed by atoms with E-state index in [0.717, 1.165) is 10.9 Å². The molecule has 5 heteroatoms. The van der Waals surface area contributed by atoms with Crippen molar-refractivity contribution in [3.8, 4) is 0 Å². The summed E-state index contributed by atoms with van der Waals surface area (Å²) in [4.78, 5) is 24.5. The molecule has 0 spiro atoms. The van der Waals surface area contributed by atoms with Crippen LogP contribution in [-0.2, 0) is 7.05 Å². The molecule has 0 fully saturated rings. The predicted octanol–water partition coefficient (Wildman–Crippen LogP) is 3.42. The number of anilines is 1. The number of aryl methyl sites for hydroxylation is 1. The molecule has 3 rings (SSSR count). The highest BCUT2D eigenvalue weighted by molar-refractivity contribution is 6.01. The van der Waals surface area contributed by atoms with Crippen LogP contribution in [-0.4, -0.2) is 10.6 Å². The van der Waals surface area contributed by atoms with E-state index in [1.165, 1.54) is 4.57 Å². The molecule has 2 aromatic carbocycles. The number of urea groups is 1. The van der Waals surface area contributed by atoms with Crippen LogP contribution in [0.25, 0.3) is 10.8 Å². The van der Waals surface area contributed by atoms with Gasteiger partial charge in [0.25, 0.3) is 5.56 Å². The molecular formula is C19H19N3O2. The summed E-state index contributed by atoms with van der Waals surface area (Å²) in [5, 5.41) is 7.05. The third-order valence-corrected chi connectivity index (χ3v) is 3.99. The quantitative estimate of drug-likeness (QED) is 0.776. The van der Waals surface area contributed by atoms with Gasteiger partial charge in [-0.2, -0.15) is 0 Å². The molecular weight excluding hydrogens is 302 g/mol. The number of rotatable bonds is 3. The summed E-state index contributed by atoms with van der Waals surface area (Å²) in [5.74, 6) is 0. The first-order chi connectivity index (χ1) is 11.6. The number of aromatic nitrogens is 1. The zero-order valence-electron chi connectivity index (χ0n) is 13.6. The van der Waals surface area contributed by atoms with Crippen LogP contribution < -0.4 is 16.2 Å². The summed E-state index contributed by atoms with van der Waals surface area (Å²) in [5.41, 5.74) is 1.54. The number of pyridine rings is 1. The molecule has 0 saturated carbocycles. The third kappa shape index (κ3) is 3.15. The fourth-order valence-corrected chi connectivity index (χ4v) is 2.70. The van der Waals surface area contributed by atoms with Crippen LogP contribution in [0.3, 0.4) is 0 Å². The van der Waals surface area contributed by atoms with Gasteiger partial charge in [0, 0.05) is 24.0 Å². The monoisotopic (exact) mass is 321 g/mol. The molecule has 2 N–H and O–H groups in total. The van der Waals surface area contributed by atoms with Crippen molar-refractivity contribution in [2.45, 2.75) is 13.0 Å². The molecule has 0 saturated heterocycles. The Balaban J connectivity index is 1.84. The van der Waals surface area contributed by atoms with Crippen LogP contribution in [0, 0.1) is 0 Å². The highest BCUT2D eigenvalue weighted by atomic mass is 16.2. The average molecular weight is 321 g/mol. The second-order valence-corrected chi connectivity index (χ2v) is 5.74. The van der Waals surface area contributed by atoms with E-state index in [2.05, 4.69) is 10.6 Å². The van der Waals surface area contributed by atoms with E-state index in [-0.39, 0.29) is 17.6 Å². The number of amides is 2. The lowest BCUT2D eigenvalue weighted by atomic mass is 10.1. The summed E-state index contributed by atoms with van der Waals surface area (Å²) in [6, 6.07) is 16.5. The highest BCUT2D eigenvalue weighted by Crippen LogP contribution is 2.20. The number of nitrogens with one attached hydrogen (secondary N) is 2. The Kier molecular flexibility index (Phi) is 4.33. The van der Waals surface area contributed by atoms with Crippen molar-refractivity contribution in [1.29, 1.82) is 0 Å². The zero-order chi connectivity index (χ0) is 17.1. The number of carbonyl (C=O) groups excluding carboxylic acids is 1. The van der Waals surface area contributed by atoms with E-state index in [0.29, 0.717) is 11.1 Å². The van der Waals surface area contributed by atoms with Gasteiger partial charge < -0.3 is 15.2 Å². The first-order valence-corrected chi connectivity index (χ1v) is 7.77. The van der Waals surface area contributed by atoms with Crippen molar-refractivity contribution in [3.05, 3.63) is 76.7 Å². The maximum Gasteiger partial charge on any atom is 0.319 e. The Hall–Kier alpha value is -3.08. The van der Waals surface area contributed by atoms with Gasteiger partial charge >= 0.3 is 6.03 Å². The maximum atomic E-state index is 12.3. The molecule has 2 amide bonds. The Morgan fingerprint density at radius 3 is 2.33 bits per heavy atom. The van der Waals surface area contributed by atoms with E-state index >= 15 is 0 Å². The SMILES string of the molecule is CC(NC(=O)Nc1cn(C)c(=O)c2ccccc12)c1ccccc1. The van der Waals surface area contributed by atoms with Crippen LogP contribution in [0.5, 0.6) is 0 Å². The predicted molar refractivity (Wildman–Crippen MR) is 96.2 cm³/mol. The van der Waals surface area contributed by atoms with Crippen molar-refractivity contribution < 1.29 is 4.79 Å². The summed E-state index contributed by atoms with van der Waals surface area (Å²) in [7, 11) is 1.67. The minimum absolute atomic E-state index is 0.0887. The van der Waals surface area contributed by atoms with Gasteiger partial charge in [0.1, 0.15) is 0 Å². The fraction of sp³-hybridized carbons (Fsp3) is 0.158. The van der Waals surface area contributed by atoms with Crippen LogP contribution in [0.1, 0.15) is 18.5 Å². The molecule has 0 bridgehead atoms. The van der Waals surface area contributed by atoms with Crippen molar-refractivity contribution >= 4 is 22.5 Å². The first kappa shape index (κ1) is 15.8. The molecule has 0 aliphatic heterocycles. The molecule has 0 aliphatic rings. The molecule has 1 heterocycles. The van der Waals surface area contributed by atoms with Crippen LogP contribution in [0.4, 0.5) is 10.5 Å². The largest absolute Gasteiger partial charge is 0.331 e. The normalized spacial score (nSPS) is 11.9. The van der Waals surface area contributed by atoms with Gasteiger partial charge in [-0.3, -0.25) is 4.79 Å². The smallest absolute Gasteiger partial charge is 0.319 e. The molecule has 3 aromatic rings. The molecule has 1 unspecified atom stereocenters. The van der Waals surface area contributed by atoms with Gasteiger partial charge in [0.2, 0.25) is 0 Å². The summed E-state index contributed by atoms with van der Waals surface area (Å²) < 4.78 is 1.47. The Morgan fingerprint density at radius 1 is 1.00 bits per heavy atom. The van der Waals surface area contributed by atoms with Crippen molar-refractivity contribution in [1.82, 2.24) is 9.88 Å². The van der Waals surface area contributed by atoms with Crippen LogP contribution >= 0.6 is 0 Å². The van der Waals surface area contributed by atoms with Crippen molar-refractivity contribution in [3.63, 3.8) is 0 Å². The van der Waals surface area contributed by atoms with E-state index in [1.54, 1.807) is 19.3 Å². The standard InChI is InChI=1S/C19H19N3O2/c1-13(14-8-4-3-5-9-14)20-19(24)21-17-12-22(2)18(23)16-11-7-6-10-15(16)17/h3-13H,1-2H3,(H2,20,21,24). The lowest BCUT2D eigenvalue weighted by Crippen LogP contribution is -2.31. The summed E-state index contributed by atoms with van der Waals surface area (Å²) in [6.07, 6.45) is 1.64. The number of benzene rings is 2. The maximum absolute atomic E-state index is 12.3. The van der Waals surface area contributed by atoms with Gasteiger partial charge in [-0.15, -0.1) is 0 Å². The Morgan fingerprint density at radius 2 is 1.62 bits per heavy atom. The molecule has 122 valence electrons.